The van der Waals surface area contributed by atoms with Crippen LogP contribution in [-0.2, 0) is 6.42 Å². The van der Waals surface area contributed by atoms with Gasteiger partial charge in [-0.15, -0.1) is 0 Å². The standard InChI is InChI=1S/C15H13BrO2/c1-9-8-18-14-7-11(6-13(17)15(9)14)10-2-4-12(16)5-3-10/h2-5,8,11H,6-7H2,1H3. The van der Waals surface area contributed by atoms with E-state index in [1.807, 2.05) is 19.1 Å². The zero-order valence-electron chi connectivity index (χ0n) is 10.1. The Morgan fingerprint density at radius 2 is 1.94 bits per heavy atom. The van der Waals surface area contributed by atoms with Crippen molar-refractivity contribution < 1.29 is 9.21 Å². The third kappa shape index (κ3) is 1.93. The second-order valence-electron chi connectivity index (χ2n) is 4.80. The van der Waals surface area contributed by atoms with Gasteiger partial charge in [-0.2, -0.15) is 0 Å². The molecule has 18 heavy (non-hydrogen) atoms. The summed E-state index contributed by atoms with van der Waals surface area (Å²) in [5.74, 6) is 1.29. The third-order valence-electron chi connectivity index (χ3n) is 3.53. The van der Waals surface area contributed by atoms with Gasteiger partial charge in [0.05, 0.1) is 11.8 Å². The van der Waals surface area contributed by atoms with Gasteiger partial charge in [0.15, 0.2) is 5.78 Å². The Labute approximate surface area is 114 Å². The number of carbonyl (C=O) groups is 1. The summed E-state index contributed by atoms with van der Waals surface area (Å²) in [5, 5.41) is 0. The fraction of sp³-hybridized carbons (Fsp3) is 0.267. The van der Waals surface area contributed by atoms with Crippen molar-refractivity contribution in [1.82, 2.24) is 0 Å². The maximum absolute atomic E-state index is 12.1. The van der Waals surface area contributed by atoms with E-state index in [0.29, 0.717) is 6.42 Å². The van der Waals surface area contributed by atoms with E-state index in [-0.39, 0.29) is 11.7 Å². The molecule has 0 aliphatic heterocycles. The maximum atomic E-state index is 12.1. The predicted molar refractivity (Wildman–Crippen MR) is 73.0 cm³/mol. The highest BCUT2D eigenvalue weighted by Crippen LogP contribution is 2.35. The number of hydrogen-bond donors (Lipinski definition) is 0. The smallest absolute Gasteiger partial charge is 0.167 e. The topological polar surface area (TPSA) is 30.2 Å². The molecule has 0 radical (unpaired) electrons. The number of hydrogen-bond acceptors (Lipinski definition) is 2. The summed E-state index contributed by atoms with van der Waals surface area (Å²) in [6.45, 7) is 1.93. The Bertz CT molecular complexity index is 595. The predicted octanol–water partition coefficient (Wildman–Crippen LogP) is 4.26. The van der Waals surface area contributed by atoms with Crippen LogP contribution in [0.5, 0.6) is 0 Å². The molecule has 0 spiro atoms. The molecule has 1 heterocycles. The summed E-state index contributed by atoms with van der Waals surface area (Å²) in [6, 6.07) is 8.18. The lowest BCUT2D eigenvalue weighted by Crippen LogP contribution is -2.17. The Balaban J connectivity index is 1.94. The number of furan rings is 1. The minimum Gasteiger partial charge on any atom is -0.468 e. The number of carbonyl (C=O) groups excluding carboxylic acids is 1. The van der Waals surface area contributed by atoms with Crippen LogP contribution in [0.15, 0.2) is 39.4 Å². The molecule has 3 rings (SSSR count). The molecule has 2 aromatic rings. The number of ketones is 1. The molecule has 1 atom stereocenters. The van der Waals surface area contributed by atoms with E-state index in [2.05, 4.69) is 28.1 Å². The summed E-state index contributed by atoms with van der Waals surface area (Å²) in [4.78, 5) is 12.1. The molecule has 0 saturated heterocycles. The highest BCUT2D eigenvalue weighted by Gasteiger charge is 2.30. The summed E-state index contributed by atoms with van der Waals surface area (Å²) in [7, 11) is 0. The van der Waals surface area contributed by atoms with Crippen molar-refractivity contribution in [1.29, 1.82) is 0 Å². The van der Waals surface area contributed by atoms with Gasteiger partial charge in [0.1, 0.15) is 5.76 Å². The summed E-state index contributed by atoms with van der Waals surface area (Å²) >= 11 is 3.42. The number of aryl methyl sites for hydroxylation is 1. The molecule has 0 saturated carbocycles. The average Bonchev–Trinajstić information content (AvgIpc) is 2.72. The number of Topliss-reactive ketones (excluding diaryl/α,β-unsaturated/α-hetero) is 1. The van der Waals surface area contributed by atoms with Crippen LogP contribution in [0, 0.1) is 6.92 Å². The van der Waals surface area contributed by atoms with E-state index >= 15 is 0 Å². The van der Waals surface area contributed by atoms with Crippen molar-refractivity contribution in [3.8, 4) is 0 Å². The van der Waals surface area contributed by atoms with Crippen molar-refractivity contribution in [2.24, 2.45) is 0 Å². The van der Waals surface area contributed by atoms with E-state index in [1.54, 1.807) is 6.26 Å². The molecular weight excluding hydrogens is 292 g/mol. The van der Waals surface area contributed by atoms with Gasteiger partial charge in [0.2, 0.25) is 0 Å². The van der Waals surface area contributed by atoms with Gasteiger partial charge in [0, 0.05) is 17.3 Å². The first-order chi connectivity index (χ1) is 8.65. The normalized spacial score (nSPS) is 18.8. The molecule has 2 nitrogen and oxygen atoms in total. The van der Waals surface area contributed by atoms with Gasteiger partial charge >= 0.3 is 0 Å². The Hall–Kier alpha value is -1.35. The highest BCUT2D eigenvalue weighted by atomic mass is 79.9. The molecule has 0 bridgehead atoms. The van der Waals surface area contributed by atoms with Crippen molar-refractivity contribution in [3.05, 3.63) is 57.5 Å². The number of rotatable bonds is 1. The molecular formula is C15H13BrO2. The Morgan fingerprint density at radius 3 is 2.67 bits per heavy atom. The van der Waals surface area contributed by atoms with Crippen LogP contribution in [0.4, 0.5) is 0 Å². The van der Waals surface area contributed by atoms with Crippen LogP contribution in [0.2, 0.25) is 0 Å². The van der Waals surface area contributed by atoms with Gasteiger partial charge < -0.3 is 4.42 Å². The summed E-state index contributed by atoms with van der Waals surface area (Å²) < 4.78 is 6.56. The van der Waals surface area contributed by atoms with Crippen LogP contribution in [0.3, 0.4) is 0 Å². The second kappa shape index (κ2) is 4.39. The van der Waals surface area contributed by atoms with Gasteiger partial charge in [-0.1, -0.05) is 28.1 Å². The highest BCUT2D eigenvalue weighted by molar-refractivity contribution is 9.10. The molecule has 0 N–H and O–H groups in total. The summed E-state index contributed by atoms with van der Waals surface area (Å²) in [5.41, 5.74) is 2.97. The van der Waals surface area contributed by atoms with Crippen LogP contribution in [0.1, 0.15) is 39.6 Å². The minimum atomic E-state index is 0.204. The Kier molecular flexibility index (Phi) is 2.86. The largest absolute Gasteiger partial charge is 0.468 e. The second-order valence-corrected chi connectivity index (χ2v) is 5.71. The van der Waals surface area contributed by atoms with Crippen molar-refractivity contribution in [2.75, 3.05) is 0 Å². The Morgan fingerprint density at radius 1 is 1.22 bits per heavy atom. The lowest BCUT2D eigenvalue weighted by atomic mass is 9.82. The molecule has 1 unspecified atom stereocenters. The number of halogens is 1. The maximum Gasteiger partial charge on any atom is 0.167 e. The van der Waals surface area contributed by atoms with Gasteiger partial charge in [0.25, 0.3) is 0 Å². The van der Waals surface area contributed by atoms with Crippen molar-refractivity contribution in [2.45, 2.75) is 25.7 Å². The molecule has 1 aromatic carbocycles. The van der Waals surface area contributed by atoms with Crippen LogP contribution in [0.25, 0.3) is 0 Å². The SMILES string of the molecule is Cc1coc2c1C(=O)CC(c1ccc(Br)cc1)C2. The molecule has 92 valence electrons. The first-order valence-electron chi connectivity index (χ1n) is 6.01. The molecule has 1 aliphatic rings. The lowest BCUT2D eigenvalue weighted by molar-refractivity contribution is 0.0960. The minimum absolute atomic E-state index is 0.204. The van der Waals surface area contributed by atoms with E-state index in [1.165, 1.54) is 5.56 Å². The van der Waals surface area contributed by atoms with Gasteiger partial charge in [-0.3, -0.25) is 4.79 Å². The zero-order chi connectivity index (χ0) is 12.7. The molecule has 1 aromatic heterocycles. The van der Waals surface area contributed by atoms with E-state index in [0.717, 1.165) is 27.8 Å². The molecule has 3 heteroatoms. The first kappa shape index (κ1) is 11.7. The van der Waals surface area contributed by atoms with Crippen molar-refractivity contribution >= 4 is 21.7 Å². The molecule has 1 aliphatic carbocycles. The zero-order valence-corrected chi connectivity index (χ0v) is 11.7. The van der Waals surface area contributed by atoms with Crippen LogP contribution < -0.4 is 0 Å². The summed E-state index contributed by atoms with van der Waals surface area (Å²) in [6.07, 6.45) is 3.08. The van der Waals surface area contributed by atoms with E-state index in [4.69, 9.17) is 4.42 Å². The van der Waals surface area contributed by atoms with Crippen molar-refractivity contribution in [3.63, 3.8) is 0 Å². The van der Waals surface area contributed by atoms with Gasteiger partial charge in [-0.05, 0) is 36.1 Å². The fourth-order valence-corrected chi connectivity index (χ4v) is 2.88. The monoisotopic (exact) mass is 304 g/mol. The average molecular weight is 305 g/mol. The molecule has 0 fully saturated rings. The van der Waals surface area contributed by atoms with Crippen LogP contribution >= 0.6 is 15.9 Å². The fourth-order valence-electron chi connectivity index (χ4n) is 2.62. The van der Waals surface area contributed by atoms with Crippen LogP contribution in [-0.4, -0.2) is 5.78 Å². The first-order valence-corrected chi connectivity index (χ1v) is 6.80. The lowest BCUT2D eigenvalue weighted by Gasteiger charge is -2.21. The number of benzene rings is 1. The van der Waals surface area contributed by atoms with E-state index < -0.39 is 0 Å². The quantitative estimate of drug-likeness (QED) is 0.788. The number of fused-ring (bicyclic) bond motifs is 1. The van der Waals surface area contributed by atoms with Gasteiger partial charge in [-0.25, -0.2) is 0 Å². The third-order valence-corrected chi connectivity index (χ3v) is 4.06. The molecule has 0 amide bonds. The van der Waals surface area contributed by atoms with E-state index in [9.17, 15) is 4.79 Å².